The molecule has 1 amide bonds. The Bertz CT molecular complexity index is 652. The molecule has 110 valence electrons. The normalized spacial score (nSPS) is 16.0. The van der Waals surface area contributed by atoms with Crippen molar-refractivity contribution in [2.75, 3.05) is 0 Å². The van der Waals surface area contributed by atoms with E-state index < -0.39 is 10.0 Å². The number of primary sulfonamides is 1. The molecule has 0 atom stereocenters. The van der Waals surface area contributed by atoms with Crippen LogP contribution in [0.2, 0.25) is 0 Å². The summed E-state index contributed by atoms with van der Waals surface area (Å²) in [5, 5.41) is 8.04. The van der Waals surface area contributed by atoms with Crippen molar-refractivity contribution in [1.82, 2.24) is 5.32 Å². The van der Waals surface area contributed by atoms with E-state index >= 15 is 0 Å². The molecule has 1 aromatic carbocycles. The van der Waals surface area contributed by atoms with Crippen LogP contribution in [0.25, 0.3) is 0 Å². The van der Waals surface area contributed by atoms with E-state index in [0.29, 0.717) is 10.4 Å². The van der Waals surface area contributed by atoms with Gasteiger partial charge in [0.2, 0.25) is 10.0 Å². The average molecular weight is 361 g/mol. The summed E-state index contributed by atoms with van der Waals surface area (Å²) in [7, 11) is -3.84. The Morgan fingerprint density at radius 3 is 2.45 bits per heavy atom. The molecule has 1 aromatic rings. The van der Waals surface area contributed by atoms with Gasteiger partial charge in [-0.1, -0.05) is 15.9 Å². The largest absolute Gasteiger partial charge is 0.347 e. The molecule has 1 saturated carbocycles. The second-order valence-electron chi connectivity index (χ2n) is 5.67. The molecular weight excluding hydrogens is 344 g/mol. The van der Waals surface area contributed by atoms with Gasteiger partial charge >= 0.3 is 0 Å². The summed E-state index contributed by atoms with van der Waals surface area (Å²) < 4.78 is 23.3. The fraction of sp³-hybridized carbons (Fsp3) is 0.462. The van der Waals surface area contributed by atoms with E-state index in [2.05, 4.69) is 21.2 Å². The predicted octanol–water partition coefficient (Wildman–Crippen LogP) is 2.01. The first-order chi connectivity index (χ1) is 9.09. The van der Waals surface area contributed by atoms with Crippen LogP contribution in [0.1, 0.15) is 37.0 Å². The summed E-state index contributed by atoms with van der Waals surface area (Å²) >= 11 is 3.19. The average Bonchev–Trinajstić information content (AvgIpc) is 3.10. The Balaban J connectivity index is 2.28. The topological polar surface area (TPSA) is 89.3 Å². The number of hydrogen-bond donors (Lipinski definition) is 2. The number of rotatable bonds is 4. The van der Waals surface area contributed by atoms with Gasteiger partial charge in [-0.3, -0.25) is 4.79 Å². The second kappa shape index (κ2) is 5.13. The van der Waals surface area contributed by atoms with Crippen LogP contribution in [0.4, 0.5) is 0 Å². The lowest BCUT2D eigenvalue weighted by atomic mass is 9.98. The molecule has 0 spiro atoms. The minimum atomic E-state index is -3.84. The molecule has 0 saturated heterocycles. The maximum Gasteiger partial charge on any atom is 0.251 e. The van der Waals surface area contributed by atoms with E-state index in [9.17, 15) is 13.2 Å². The third-order valence-corrected chi connectivity index (χ3v) is 4.85. The zero-order valence-electron chi connectivity index (χ0n) is 11.3. The maximum absolute atomic E-state index is 12.3. The van der Waals surface area contributed by atoms with Gasteiger partial charge in [-0.05, 0) is 50.8 Å². The number of sulfonamides is 1. The predicted molar refractivity (Wildman–Crippen MR) is 79.8 cm³/mol. The summed E-state index contributed by atoms with van der Waals surface area (Å²) in [6.07, 6.45) is 2.21. The highest BCUT2D eigenvalue weighted by Gasteiger charge is 2.38. The van der Waals surface area contributed by atoms with Gasteiger partial charge in [-0.25, -0.2) is 13.6 Å². The van der Waals surface area contributed by atoms with E-state index in [1.165, 1.54) is 12.1 Å². The van der Waals surface area contributed by atoms with Crippen molar-refractivity contribution in [3.05, 3.63) is 28.2 Å². The first-order valence-electron chi connectivity index (χ1n) is 6.25. The van der Waals surface area contributed by atoms with Crippen molar-refractivity contribution in [2.45, 2.75) is 37.1 Å². The van der Waals surface area contributed by atoms with Gasteiger partial charge in [0.1, 0.15) is 0 Å². The van der Waals surface area contributed by atoms with Gasteiger partial charge in [-0.2, -0.15) is 0 Å². The molecule has 0 radical (unpaired) electrons. The van der Waals surface area contributed by atoms with Gasteiger partial charge in [0.05, 0.1) is 4.90 Å². The molecule has 0 bridgehead atoms. The molecule has 0 heterocycles. The number of halogens is 1. The lowest BCUT2D eigenvalue weighted by Gasteiger charge is -2.26. The summed E-state index contributed by atoms with van der Waals surface area (Å²) in [6, 6.07) is 4.24. The molecule has 1 aliphatic carbocycles. The van der Waals surface area contributed by atoms with Crippen LogP contribution in [0.3, 0.4) is 0 Å². The summed E-state index contributed by atoms with van der Waals surface area (Å²) in [6.45, 7) is 3.95. The monoisotopic (exact) mass is 360 g/mol. The number of hydrogen-bond acceptors (Lipinski definition) is 3. The molecule has 0 aromatic heterocycles. The summed E-state index contributed by atoms with van der Waals surface area (Å²) in [5.74, 6) is 0.185. The first-order valence-corrected chi connectivity index (χ1v) is 8.59. The van der Waals surface area contributed by atoms with E-state index in [1.54, 1.807) is 6.07 Å². The lowest BCUT2D eigenvalue weighted by Crippen LogP contribution is -2.45. The van der Waals surface area contributed by atoms with Gasteiger partial charge in [-0.15, -0.1) is 0 Å². The van der Waals surface area contributed by atoms with Gasteiger partial charge in [0.15, 0.2) is 0 Å². The molecule has 0 unspecified atom stereocenters. The maximum atomic E-state index is 12.3. The third kappa shape index (κ3) is 3.59. The van der Waals surface area contributed by atoms with Crippen molar-refractivity contribution in [3.8, 4) is 0 Å². The SMILES string of the molecule is CC(C)(NC(=O)c1cc(Br)cc(S(N)(=O)=O)c1)C1CC1. The second-order valence-corrected chi connectivity index (χ2v) is 8.15. The molecule has 0 aliphatic heterocycles. The Morgan fingerprint density at radius 2 is 1.95 bits per heavy atom. The first kappa shape index (κ1) is 15.5. The van der Waals surface area contributed by atoms with Crippen molar-refractivity contribution < 1.29 is 13.2 Å². The zero-order valence-corrected chi connectivity index (χ0v) is 13.7. The molecule has 1 aliphatic rings. The molecular formula is C13H17BrN2O3S. The van der Waals surface area contributed by atoms with Crippen LogP contribution in [0.5, 0.6) is 0 Å². The summed E-state index contributed by atoms with van der Waals surface area (Å²) in [5.41, 5.74) is -0.0154. The number of carbonyl (C=O) groups is 1. The Labute approximate surface area is 127 Å². The molecule has 3 N–H and O–H groups in total. The van der Waals surface area contributed by atoms with E-state index in [0.717, 1.165) is 12.8 Å². The van der Waals surface area contributed by atoms with Crippen LogP contribution < -0.4 is 10.5 Å². The van der Waals surface area contributed by atoms with Gasteiger partial charge < -0.3 is 5.32 Å². The number of nitrogens with two attached hydrogens (primary N) is 1. The van der Waals surface area contributed by atoms with Crippen LogP contribution >= 0.6 is 15.9 Å². The molecule has 2 rings (SSSR count). The third-order valence-electron chi connectivity index (χ3n) is 3.50. The van der Waals surface area contributed by atoms with E-state index in [4.69, 9.17) is 5.14 Å². The minimum Gasteiger partial charge on any atom is -0.347 e. The standard InChI is InChI=1S/C13H17BrN2O3S/c1-13(2,9-3-4-9)16-12(17)8-5-10(14)7-11(6-8)20(15,18)19/h5-7,9H,3-4H2,1-2H3,(H,16,17)(H2,15,18,19). The fourth-order valence-electron chi connectivity index (χ4n) is 2.13. The van der Waals surface area contributed by atoms with Crippen molar-refractivity contribution >= 4 is 31.9 Å². The van der Waals surface area contributed by atoms with Gasteiger partial charge in [0, 0.05) is 15.6 Å². The highest BCUT2D eigenvalue weighted by Crippen LogP contribution is 2.39. The number of amides is 1. The van der Waals surface area contributed by atoms with Crippen molar-refractivity contribution in [2.24, 2.45) is 11.1 Å². The molecule has 5 nitrogen and oxygen atoms in total. The smallest absolute Gasteiger partial charge is 0.251 e. The Kier molecular flexibility index (Phi) is 3.96. The lowest BCUT2D eigenvalue weighted by molar-refractivity contribution is 0.0903. The fourth-order valence-corrected chi connectivity index (χ4v) is 3.36. The highest BCUT2D eigenvalue weighted by atomic mass is 79.9. The van der Waals surface area contributed by atoms with Crippen LogP contribution in [-0.2, 0) is 10.0 Å². The van der Waals surface area contributed by atoms with Crippen LogP contribution in [0, 0.1) is 5.92 Å². The van der Waals surface area contributed by atoms with E-state index in [1.807, 2.05) is 13.8 Å². The summed E-state index contributed by atoms with van der Waals surface area (Å²) in [4.78, 5) is 12.2. The number of nitrogens with one attached hydrogen (secondary N) is 1. The zero-order chi connectivity index (χ0) is 15.1. The van der Waals surface area contributed by atoms with E-state index in [-0.39, 0.29) is 21.9 Å². The Morgan fingerprint density at radius 1 is 1.35 bits per heavy atom. The van der Waals surface area contributed by atoms with Crippen molar-refractivity contribution in [3.63, 3.8) is 0 Å². The van der Waals surface area contributed by atoms with Crippen LogP contribution in [-0.4, -0.2) is 19.9 Å². The molecule has 1 fully saturated rings. The molecule has 7 heteroatoms. The highest BCUT2D eigenvalue weighted by molar-refractivity contribution is 9.10. The number of carbonyl (C=O) groups excluding carboxylic acids is 1. The quantitative estimate of drug-likeness (QED) is 0.860. The minimum absolute atomic E-state index is 0.0822. The Hall–Kier alpha value is -0.920. The number of benzene rings is 1. The molecule has 20 heavy (non-hydrogen) atoms. The van der Waals surface area contributed by atoms with Crippen LogP contribution in [0.15, 0.2) is 27.6 Å². The van der Waals surface area contributed by atoms with Gasteiger partial charge in [0.25, 0.3) is 5.91 Å². The van der Waals surface area contributed by atoms with Crippen molar-refractivity contribution in [1.29, 1.82) is 0 Å².